The van der Waals surface area contributed by atoms with Crippen LogP contribution in [0.3, 0.4) is 0 Å². The molecule has 0 saturated heterocycles. The average molecular weight is 1660 g/mol. The zero-order chi connectivity index (χ0) is 87.0. The minimum Gasteiger partial charge on any atom is -0.455 e. The Labute approximate surface area is 758 Å². The maximum atomic E-state index is 6.48. The van der Waals surface area contributed by atoms with E-state index < -0.39 is 0 Å². The highest BCUT2D eigenvalue weighted by Crippen LogP contribution is 2.55. The SMILES string of the molecule is CC1(C)c2cc(-c3ccccc3)ccc2-c2ccc(N(c3ccc(-c4ccc(-c5ccccc5)cc4)cc3)c3ccc(-c4cccc(-c5cccc6c5oc5ccccc56)c4)cc3)cc21.CC1(C)c2cc(-c3ccccc3)ccc2-c2ccc(N(c3ccc(-c4ccc(-c5ccccc5)cc4)cc3)c3cccc(-c4cccc(-c5cccc6c5oc5ccccc56)c4)c3)cc21. The number of para-hydroxylation sites is 4. The quantitative estimate of drug-likeness (QED) is 0.0965. The molecule has 2 heterocycles. The van der Waals surface area contributed by atoms with Crippen LogP contribution in [0.1, 0.15) is 49.9 Å². The molecule has 0 saturated carbocycles. The van der Waals surface area contributed by atoms with Crippen LogP contribution < -0.4 is 9.80 Å². The maximum absolute atomic E-state index is 6.48. The predicted octanol–water partition coefficient (Wildman–Crippen LogP) is 35.4. The van der Waals surface area contributed by atoms with E-state index >= 15 is 0 Å². The molecule has 4 heteroatoms. The third kappa shape index (κ3) is 14.2. The highest BCUT2D eigenvalue weighted by atomic mass is 16.3. The van der Waals surface area contributed by atoms with Crippen molar-refractivity contribution in [3.05, 3.63) is 495 Å². The molecule has 0 fully saturated rings. The highest BCUT2D eigenvalue weighted by molar-refractivity contribution is 6.11. The molecule has 0 amide bonds. The van der Waals surface area contributed by atoms with E-state index in [1.165, 1.54) is 111 Å². The van der Waals surface area contributed by atoms with Crippen molar-refractivity contribution in [3.8, 4) is 134 Å². The topological polar surface area (TPSA) is 32.8 Å². The molecule has 0 aliphatic heterocycles. The summed E-state index contributed by atoms with van der Waals surface area (Å²) in [6, 6.07) is 172. The molecular weight excluding hydrogens is 1570 g/mol. The van der Waals surface area contributed by atoms with Crippen LogP contribution in [0.5, 0.6) is 0 Å². The van der Waals surface area contributed by atoms with Gasteiger partial charge < -0.3 is 18.6 Å². The van der Waals surface area contributed by atoms with Gasteiger partial charge in [-0.05, 0) is 254 Å². The summed E-state index contributed by atoms with van der Waals surface area (Å²) in [6.07, 6.45) is 0. The molecule has 2 aromatic heterocycles. The van der Waals surface area contributed by atoms with Crippen molar-refractivity contribution in [2.75, 3.05) is 9.80 Å². The summed E-state index contributed by atoms with van der Waals surface area (Å²) >= 11 is 0. The molecule has 20 aromatic carbocycles. The van der Waals surface area contributed by atoms with E-state index in [0.29, 0.717) is 0 Å². The van der Waals surface area contributed by atoms with Gasteiger partial charge in [0, 0.05) is 77.6 Å². The Kier molecular flexibility index (Phi) is 19.6. The largest absolute Gasteiger partial charge is 0.455 e. The second-order valence-corrected chi connectivity index (χ2v) is 35.4. The standard InChI is InChI=1S/2C63H45NO/c1-63(2)59-40-49(43-16-7-4-8-17-43)32-36-55(59)56-37-35-53(41-60(56)63)64(51-33-30-46(31-34-51)45-28-26-44(27-29-45)42-14-5-3-6-15-42)52-21-12-19-48(39-52)47-18-11-20-50(38-47)54-23-13-24-58-57-22-9-10-25-61(57)65-62(54)58;1-63(2)59-40-49(43-15-7-4-8-16-43)31-37-55(59)56-38-36-53(41-60(56)63)64(51-32-27-46(28-33-51)45-25-23-44(24-26-45)42-13-5-3-6-14-42)52-34-29-47(30-35-52)48-17-11-18-50(39-48)54-20-12-21-58-57-19-9-10-22-61(57)65-62(54)58/h2*3-41H,1-2H3. The van der Waals surface area contributed by atoms with Gasteiger partial charge in [0.25, 0.3) is 0 Å². The zero-order valence-corrected chi connectivity index (χ0v) is 72.7. The van der Waals surface area contributed by atoms with E-state index in [1.54, 1.807) is 0 Å². The number of hydrogen-bond donors (Lipinski definition) is 0. The Balaban J connectivity index is 0.000000148. The lowest BCUT2D eigenvalue weighted by molar-refractivity contribution is 0.660. The van der Waals surface area contributed by atoms with Crippen molar-refractivity contribution < 1.29 is 8.83 Å². The van der Waals surface area contributed by atoms with Gasteiger partial charge in [-0.2, -0.15) is 0 Å². The number of fused-ring (bicyclic) bond motifs is 12. The van der Waals surface area contributed by atoms with Gasteiger partial charge in [0.2, 0.25) is 0 Å². The summed E-state index contributed by atoms with van der Waals surface area (Å²) in [4.78, 5) is 4.82. The normalized spacial score (nSPS) is 12.6. The Morgan fingerprint density at radius 1 is 0.154 bits per heavy atom. The van der Waals surface area contributed by atoms with Crippen LogP contribution in [0.15, 0.2) is 482 Å². The fraction of sp³-hybridized carbons (Fsp3) is 0.0476. The monoisotopic (exact) mass is 1660 g/mol. The number of nitrogens with zero attached hydrogens (tertiary/aromatic N) is 2. The number of furan rings is 2. The van der Waals surface area contributed by atoms with Crippen molar-refractivity contribution in [1.29, 1.82) is 0 Å². The first-order valence-corrected chi connectivity index (χ1v) is 45.0. The third-order valence-electron chi connectivity index (χ3n) is 27.0. The van der Waals surface area contributed by atoms with E-state index in [4.69, 9.17) is 8.83 Å². The van der Waals surface area contributed by atoms with Gasteiger partial charge in [-0.3, -0.25) is 0 Å². The first-order chi connectivity index (χ1) is 63.9. The van der Waals surface area contributed by atoms with Gasteiger partial charge >= 0.3 is 0 Å². The lowest BCUT2D eigenvalue weighted by Gasteiger charge is -2.28. The van der Waals surface area contributed by atoms with Crippen LogP contribution in [-0.4, -0.2) is 0 Å². The molecule has 130 heavy (non-hydrogen) atoms. The molecule has 0 atom stereocenters. The Bertz CT molecular complexity index is 8030. The van der Waals surface area contributed by atoms with Gasteiger partial charge in [-0.25, -0.2) is 0 Å². The third-order valence-corrected chi connectivity index (χ3v) is 27.0. The Hall–Kier alpha value is -16.4. The van der Waals surface area contributed by atoms with E-state index in [1.807, 2.05) is 24.3 Å². The molecule has 24 rings (SSSR count). The zero-order valence-electron chi connectivity index (χ0n) is 72.7. The molecule has 0 bridgehead atoms. The number of hydrogen-bond acceptors (Lipinski definition) is 4. The summed E-state index contributed by atoms with van der Waals surface area (Å²) in [5, 5.41) is 4.55. The predicted molar refractivity (Wildman–Crippen MR) is 546 cm³/mol. The molecule has 616 valence electrons. The van der Waals surface area contributed by atoms with Crippen molar-refractivity contribution in [2.45, 2.75) is 38.5 Å². The van der Waals surface area contributed by atoms with Gasteiger partial charge in [0.05, 0.1) is 0 Å². The Morgan fingerprint density at radius 3 is 0.769 bits per heavy atom. The minimum absolute atomic E-state index is 0.186. The molecule has 2 aliphatic rings. The van der Waals surface area contributed by atoms with E-state index in [2.05, 4.69) is 486 Å². The second kappa shape index (κ2) is 32.5. The van der Waals surface area contributed by atoms with Crippen LogP contribution >= 0.6 is 0 Å². The second-order valence-electron chi connectivity index (χ2n) is 35.4. The molecule has 2 aliphatic carbocycles. The fourth-order valence-electron chi connectivity index (χ4n) is 20.1. The number of rotatable bonds is 16. The molecular formula is C126H90N2O2. The number of anilines is 6. The maximum Gasteiger partial charge on any atom is 0.143 e. The molecule has 0 N–H and O–H groups in total. The van der Waals surface area contributed by atoms with Crippen LogP contribution in [0.4, 0.5) is 34.1 Å². The molecule has 0 spiro atoms. The molecule has 22 aromatic rings. The van der Waals surface area contributed by atoms with Crippen LogP contribution in [-0.2, 0) is 10.8 Å². The van der Waals surface area contributed by atoms with Gasteiger partial charge in [0.15, 0.2) is 0 Å². The van der Waals surface area contributed by atoms with Crippen molar-refractivity contribution in [3.63, 3.8) is 0 Å². The van der Waals surface area contributed by atoms with Crippen molar-refractivity contribution in [1.82, 2.24) is 0 Å². The van der Waals surface area contributed by atoms with E-state index in [0.717, 1.165) is 123 Å². The summed E-state index contributed by atoms with van der Waals surface area (Å²) in [6.45, 7) is 9.49. The fourth-order valence-corrected chi connectivity index (χ4v) is 20.1. The molecule has 4 nitrogen and oxygen atoms in total. The smallest absolute Gasteiger partial charge is 0.143 e. The molecule has 0 unspecified atom stereocenters. The summed E-state index contributed by atoms with van der Waals surface area (Å²) in [5.41, 5.74) is 44.1. The van der Waals surface area contributed by atoms with Crippen molar-refractivity contribution in [2.24, 2.45) is 0 Å². The van der Waals surface area contributed by atoms with Crippen LogP contribution in [0.25, 0.3) is 177 Å². The highest BCUT2D eigenvalue weighted by Gasteiger charge is 2.39. The van der Waals surface area contributed by atoms with Gasteiger partial charge in [-0.1, -0.05) is 392 Å². The van der Waals surface area contributed by atoms with Gasteiger partial charge in [0.1, 0.15) is 22.3 Å². The first-order valence-electron chi connectivity index (χ1n) is 45.0. The van der Waals surface area contributed by atoms with Crippen molar-refractivity contribution >= 4 is 78.0 Å². The van der Waals surface area contributed by atoms with Crippen LogP contribution in [0, 0.1) is 0 Å². The summed E-state index contributed by atoms with van der Waals surface area (Å²) in [5.74, 6) is 0. The lowest BCUT2D eigenvalue weighted by Crippen LogP contribution is -2.16. The number of benzene rings is 20. The first kappa shape index (κ1) is 78.3. The summed E-state index contributed by atoms with van der Waals surface area (Å²) < 4.78 is 12.9. The minimum atomic E-state index is -0.197. The van der Waals surface area contributed by atoms with Gasteiger partial charge in [-0.15, -0.1) is 0 Å². The van der Waals surface area contributed by atoms with E-state index in [-0.39, 0.29) is 10.8 Å². The average Bonchev–Trinajstić information content (AvgIpc) is 1.57. The van der Waals surface area contributed by atoms with Crippen LogP contribution in [0.2, 0.25) is 0 Å². The lowest BCUT2D eigenvalue weighted by atomic mass is 9.81. The molecule has 0 radical (unpaired) electrons. The Morgan fingerprint density at radius 2 is 0.385 bits per heavy atom. The summed E-state index contributed by atoms with van der Waals surface area (Å²) in [7, 11) is 0. The van der Waals surface area contributed by atoms with E-state index in [9.17, 15) is 0 Å².